The second-order valence-electron chi connectivity index (χ2n) is 8.30. The number of hydrogen-bond acceptors (Lipinski definition) is 6. The first-order valence-corrected chi connectivity index (χ1v) is 11.7. The Morgan fingerprint density at radius 1 is 1.00 bits per heavy atom. The van der Waals surface area contributed by atoms with E-state index < -0.39 is 16.7 Å². The maximum atomic E-state index is 13.2. The first-order valence-electron chi connectivity index (χ1n) is 11.7. The van der Waals surface area contributed by atoms with Crippen LogP contribution in [-0.4, -0.2) is 42.5 Å². The predicted molar refractivity (Wildman–Crippen MR) is 143 cm³/mol. The van der Waals surface area contributed by atoms with Crippen LogP contribution in [0.3, 0.4) is 0 Å². The fourth-order valence-corrected chi connectivity index (χ4v) is 3.97. The number of aromatic nitrogens is 1. The average Bonchev–Trinajstić information content (AvgIpc) is 3.35. The molecule has 4 aromatic rings. The zero-order valence-corrected chi connectivity index (χ0v) is 20.8. The molecule has 1 aromatic heterocycles. The Balaban J connectivity index is 1.55. The van der Waals surface area contributed by atoms with Gasteiger partial charge in [0.05, 0.1) is 19.1 Å². The van der Waals surface area contributed by atoms with Gasteiger partial charge < -0.3 is 25.1 Å². The summed E-state index contributed by atoms with van der Waals surface area (Å²) in [6, 6.07) is 18.3. The van der Waals surface area contributed by atoms with Crippen LogP contribution in [0.4, 0.5) is 5.69 Å². The monoisotopic (exact) mass is 514 g/mol. The Labute approximate surface area is 218 Å². The number of rotatable bonds is 10. The summed E-state index contributed by atoms with van der Waals surface area (Å²) in [5, 5.41) is 17.7. The Morgan fingerprint density at radius 2 is 1.79 bits per heavy atom. The van der Waals surface area contributed by atoms with Gasteiger partial charge in [-0.05, 0) is 47.9 Å². The van der Waals surface area contributed by atoms with E-state index in [9.17, 15) is 19.7 Å². The summed E-state index contributed by atoms with van der Waals surface area (Å²) in [5.74, 6) is -0.293. The molecule has 194 valence electrons. The first kappa shape index (κ1) is 26.0. The van der Waals surface area contributed by atoms with Crippen molar-refractivity contribution in [2.45, 2.75) is 6.42 Å². The lowest BCUT2D eigenvalue weighted by atomic mass is 10.1. The Kier molecular flexibility index (Phi) is 8.02. The minimum Gasteiger partial charge on any atom is -0.493 e. The number of amides is 2. The highest BCUT2D eigenvalue weighted by Gasteiger charge is 2.17. The lowest BCUT2D eigenvalue weighted by molar-refractivity contribution is -0.384. The number of non-ortho nitro benzene ring substituents is 1. The van der Waals surface area contributed by atoms with Crippen molar-refractivity contribution in [3.63, 3.8) is 0 Å². The van der Waals surface area contributed by atoms with Crippen molar-refractivity contribution in [3.05, 3.63) is 105 Å². The van der Waals surface area contributed by atoms with Gasteiger partial charge >= 0.3 is 0 Å². The van der Waals surface area contributed by atoms with Crippen LogP contribution in [0.25, 0.3) is 17.0 Å². The summed E-state index contributed by atoms with van der Waals surface area (Å²) < 4.78 is 10.5. The zero-order chi connectivity index (χ0) is 27.1. The maximum Gasteiger partial charge on any atom is 0.270 e. The molecule has 0 unspecified atom stereocenters. The van der Waals surface area contributed by atoms with E-state index in [1.807, 2.05) is 30.5 Å². The van der Waals surface area contributed by atoms with Crippen LogP contribution in [0.15, 0.2) is 78.6 Å². The predicted octanol–water partition coefficient (Wildman–Crippen LogP) is 4.22. The molecule has 0 fully saturated rings. The lowest BCUT2D eigenvalue weighted by Crippen LogP contribution is -2.35. The topological polar surface area (TPSA) is 136 Å². The maximum absolute atomic E-state index is 13.2. The quantitative estimate of drug-likeness (QED) is 0.165. The molecule has 0 atom stereocenters. The summed E-state index contributed by atoms with van der Waals surface area (Å²) in [7, 11) is 2.94. The highest BCUT2D eigenvalue weighted by molar-refractivity contribution is 6.05. The smallest absolute Gasteiger partial charge is 0.270 e. The molecule has 0 saturated heterocycles. The number of nitro groups is 1. The standard InChI is InChI=1S/C28H26N4O6/c1-37-25-11-10-19(16-26(25)38-2)27(33)31-24(15-18-6-5-7-21(14-18)32(35)36)28(34)29-13-12-20-17-30-23-9-4-3-8-22(20)23/h3-11,14-17,30H,12-13H2,1-2H3,(H,29,34)(H,31,33). The Hall–Kier alpha value is -5.12. The molecule has 1 heterocycles. The molecule has 4 rings (SSSR count). The van der Waals surface area contributed by atoms with Crippen LogP contribution in [0, 0.1) is 10.1 Å². The van der Waals surface area contributed by atoms with Gasteiger partial charge in [-0.25, -0.2) is 0 Å². The van der Waals surface area contributed by atoms with Gasteiger partial charge in [0.15, 0.2) is 11.5 Å². The largest absolute Gasteiger partial charge is 0.493 e. The molecule has 0 aliphatic carbocycles. The number of methoxy groups -OCH3 is 2. The van der Waals surface area contributed by atoms with Crippen LogP contribution in [0.2, 0.25) is 0 Å². The number of ether oxygens (including phenoxy) is 2. The molecule has 0 radical (unpaired) electrons. The van der Waals surface area contributed by atoms with Gasteiger partial charge in [0.2, 0.25) is 0 Å². The minimum absolute atomic E-state index is 0.0655. The van der Waals surface area contributed by atoms with Crippen LogP contribution < -0.4 is 20.1 Å². The number of carbonyl (C=O) groups excluding carboxylic acids is 2. The summed E-state index contributed by atoms with van der Waals surface area (Å²) >= 11 is 0. The lowest BCUT2D eigenvalue weighted by Gasteiger charge is -2.13. The van der Waals surface area contributed by atoms with E-state index in [-0.39, 0.29) is 16.9 Å². The van der Waals surface area contributed by atoms with Crippen LogP contribution in [-0.2, 0) is 11.2 Å². The van der Waals surface area contributed by atoms with Crippen molar-refractivity contribution in [1.29, 1.82) is 0 Å². The summed E-state index contributed by atoms with van der Waals surface area (Å²) in [4.78, 5) is 40.1. The van der Waals surface area contributed by atoms with Crippen LogP contribution in [0.5, 0.6) is 11.5 Å². The van der Waals surface area contributed by atoms with Gasteiger partial charge in [0, 0.05) is 41.3 Å². The molecule has 3 N–H and O–H groups in total. The SMILES string of the molecule is COc1ccc(C(=O)NC(=Cc2cccc([N+](=O)[O-])c2)C(=O)NCCc2c[nH]c3ccccc23)cc1OC. The molecule has 0 spiro atoms. The van der Waals surface area contributed by atoms with Crippen molar-refractivity contribution in [3.8, 4) is 11.5 Å². The Morgan fingerprint density at radius 3 is 2.55 bits per heavy atom. The van der Waals surface area contributed by atoms with Crippen LogP contribution in [0.1, 0.15) is 21.5 Å². The second kappa shape index (κ2) is 11.7. The molecule has 0 saturated carbocycles. The van der Waals surface area contributed by atoms with Gasteiger partial charge in [0.1, 0.15) is 5.70 Å². The van der Waals surface area contributed by atoms with Crippen molar-refractivity contribution in [1.82, 2.24) is 15.6 Å². The summed E-state index contributed by atoms with van der Waals surface area (Å²) in [6.45, 7) is 0.305. The third-order valence-electron chi connectivity index (χ3n) is 5.89. The molecule has 0 aliphatic rings. The number of benzene rings is 3. The van der Waals surface area contributed by atoms with Crippen molar-refractivity contribution < 1.29 is 24.0 Å². The number of carbonyl (C=O) groups is 2. The number of nitrogens with one attached hydrogen (secondary N) is 3. The van der Waals surface area contributed by atoms with Crippen molar-refractivity contribution in [2.75, 3.05) is 20.8 Å². The third kappa shape index (κ3) is 5.98. The molecule has 2 amide bonds. The summed E-state index contributed by atoms with van der Waals surface area (Å²) in [6.07, 6.45) is 3.85. The normalized spacial score (nSPS) is 11.2. The number of nitrogens with zero attached hydrogens (tertiary/aromatic N) is 1. The molecule has 3 aromatic carbocycles. The molecule has 10 heteroatoms. The second-order valence-corrected chi connectivity index (χ2v) is 8.30. The fraction of sp³-hybridized carbons (Fsp3) is 0.143. The number of H-pyrrole nitrogens is 1. The van der Waals surface area contributed by atoms with E-state index in [1.54, 1.807) is 12.1 Å². The number of nitro benzene ring substituents is 1. The molecular formula is C28H26N4O6. The first-order chi connectivity index (χ1) is 18.4. The molecule has 38 heavy (non-hydrogen) atoms. The average molecular weight is 515 g/mol. The van der Waals surface area contributed by atoms with E-state index in [1.165, 1.54) is 50.6 Å². The minimum atomic E-state index is -0.561. The van der Waals surface area contributed by atoms with Gasteiger partial charge in [-0.1, -0.05) is 30.3 Å². The third-order valence-corrected chi connectivity index (χ3v) is 5.89. The zero-order valence-electron chi connectivity index (χ0n) is 20.8. The van der Waals surface area contributed by atoms with Crippen molar-refractivity contribution >= 4 is 34.5 Å². The molecule has 0 bridgehead atoms. The molecule has 10 nitrogen and oxygen atoms in total. The number of hydrogen-bond donors (Lipinski definition) is 3. The van der Waals surface area contributed by atoms with E-state index in [4.69, 9.17) is 9.47 Å². The Bertz CT molecular complexity index is 1520. The van der Waals surface area contributed by atoms with Gasteiger partial charge in [0.25, 0.3) is 17.5 Å². The molecule has 0 aliphatic heterocycles. The van der Waals surface area contributed by atoms with E-state index in [2.05, 4.69) is 15.6 Å². The fourth-order valence-electron chi connectivity index (χ4n) is 3.97. The van der Waals surface area contributed by atoms with E-state index in [0.717, 1.165) is 16.5 Å². The summed E-state index contributed by atoms with van der Waals surface area (Å²) in [5.41, 5.74) is 2.46. The molecular weight excluding hydrogens is 488 g/mol. The van der Waals surface area contributed by atoms with E-state index >= 15 is 0 Å². The number of aromatic amines is 1. The van der Waals surface area contributed by atoms with Crippen LogP contribution >= 0.6 is 0 Å². The van der Waals surface area contributed by atoms with Gasteiger partial charge in [-0.2, -0.15) is 0 Å². The number of fused-ring (bicyclic) bond motifs is 1. The highest BCUT2D eigenvalue weighted by atomic mass is 16.6. The van der Waals surface area contributed by atoms with Gasteiger partial charge in [-0.15, -0.1) is 0 Å². The van der Waals surface area contributed by atoms with E-state index in [0.29, 0.717) is 30.0 Å². The van der Waals surface area contributed by atoms with Gasteiger partial charge in [-0.3, -0.25) is 19.7 Å². The highest BCUT2D eigenvalue weighted by Crippen LogP contribution is 2.27. The number of para-hydroxylation sites is 1. The van der Waals surface area contributed by atoms with Crippen molar-refractivity contribution in [2.24, 2.45) is 0 Å².